The molecule has 0 aromatic heterocycles. The van der Waals surface area contributed by atoms with Crippen LogP contribution >= 0.6 is 0 Å². The van der Waals surface area contributed by atoms with Crippen LogP contribution in [0, 0.1) is 17.8 Å². The number of nitrogens with one attached hydrogen (secondary N) is 6. The van der Waals surface area contributed by atoms with Gasteiger partial charge in [-0.1, -0.05) is 94.8 Å². The summed E-state index contributed by atoms with van der Waals surface area (Å²) >= 11 is 0. The highest BCUT2D eigenvalue weighted by molar-refractivity contribution is 6.00. The molecule has 71 heavy (non-hydrogen) atoms. The number of ether oxygens (including phenoxy) is 1. The molecule has 0 bridgehead atoms. The van der Waals surface area contributed by atoms with Crippen LogP contribution in [0.25, 0.3) is 0 Å². The van der Waals surface area contributed by atoms with Crippen LogP contribution in [0.5, 0.6) is 0 Å². The van der Waals surface area contributed by atoms with E-state index in [1.165, 1.54) is 27.0 Å². The molecular weight excluding hydrogens is 921 g/mol. The zero-order valence-corrected chi connectivity index (χ0v) is 42.0. The molecule has 3 unspecified atom stereocenters. The number of guanidine groups is 1. The van der Waals surface area contributed by atoms with Gasteiger partial charge in [-0.2, -0.15) is 0 Å². The van der Waals surface area contributed by atoms with Gasteiger partial charge in [0.25, 0.3) is 5.91 Å². The summed E-state index contributed by atoms with van der Waals surface area (Å²) in [6.07, 6.45) is 4.39. The summed E-state index contributed by atoms with van der Waals surface area (Å²) in [6.45, 7) is 13.8. The zero-order valence-electron chi connectivity index (χ0n) is 42.0. The number of allylic oxidation sites excluding steroid dienone is 2. The van der Waals surface area contributed by atoms with E-state index in [2.05, 4.69) is 43.5 Å². The first kappa shape index (κ1) is 60.0. The molecule has 22 nitrogen and oxygen atoms in total. The van der Waals surface area contributed by atoms with E-state index < -0.39 is 120 Å². The molecule has 1 heterocycles. The molecule has 1 aromatic carbocycles. The van der Waals surface area contributed by atoms with Crippen LogP contribution < -0.4 is 43.4 Å². The Bertz CT molecular complexity index is 2140. The van der Waals surface area contributed by atoms with Gasteiger partial charge in [0.05, 0.1) is 24.5 Å². The maximum atomic E-state index is 14.3. The minimum atomic E-state index is -1.85. The second-order valence-electron chi connectivity index (χ2n) is 17.9. The Labute approximate surface area is 415 Å². The van der Waals surface area contributed by atoms with Crippen molar-refractivity contribution >= 4 is 59.2 Å². The van der Waals surface area contributed by atoms with Crippen molar-refractivity contribution < 1.29 is 58.1 Å². The maximum absolute atomic E-state index is 14.3. The Morgan fingerprint density at radius 3 is 2.10 bits per heavy atom. The van der Waals surface area contributed by atoms with Crippen LogP contribution in [-0.2, 0) is 54.3 Å². The van der Waals surface area contributed by atoms with Crippen molar-refractivity contribution in [1.82, 2.24) is 36.8 Å². The molecule has 22 heteroatoms. The van der Waals surface area contributed by atoms with Gasteiger partial charge in [-0.15, -0.1) is 0 Å². The first-order valence-electron chi connectivity index (χ1n) is 23.6. The molecule has 0 aliphatic carbocycles. The first-order chi connectivity index (χ1) is 33.4. The molecule has 7 amide bonds. The highest BCUT2D eigenvalue weighted by Crippen LogP contribution is 2.19. The highest BCUT2D eigenvalue weighted by Gasteiger charge is 2.34. The van der Waals surface area contributed by atoms with Gasteiger partial charge in [0.2, 0.25) is 35.4 Å². The van der Waals surface area contributed by atoms with Crippen LogP contribution in [0.15, 0.2) is 71.4 Å². The molecule has 1 aliphatic heterocycles. The number of likely N-dealkylation sites (N-methyl/N-ethyl adjacent to an activating group) is 1. The topological polar surface area (TPSA) is 343 Å². The summed E-state index contributed by atoms with van der Waals surface area (Å²) in [4.78, 5) is 125. The van der Waals surface area contributed by atoms with Crippen LogP contribution in [0.4, 0.5) is 0 Å². The maximum Gasteiger partial charge on any atom is 0.326 e. The number of carboxylic acid groups (broad SMARTS) is 2. The molecule has 1 fully saturated rings. The van der Waals surface area contributed by atoms with Crippen LogP contribution in [-0.4, -0.2) is 137 Å². The van der Waals surface area contributed by atoms with E-state index in [0.29, 0.717) is 18.4 Å². The normalized spacial score (nSPS) is 24.6. The summed E-state index contributed by atoms with van der Waals surface area (Å²) < 4.78 is 5.81. The van der Waals surface area contributed by atoms with Crippen molar-refractivity contribution in [2.24, 2.45) is 34.2 Å². The molecule has 1 aliphatic rings. The number of methoxy groups -OCH3 is 1. The first-order valence-corrected chi connectivity index (χ1v) is 23.6. The lowest BCUT2D eigenvalue weighted by Crippen LogP contribution is -2.57. The third-order valence-corrected chi connectivity index (χ3v) is 12.1. The van der Waals surface area contributed by atoms with Crippen molar-refractivity contribution in [3.8, 4) is 0 Å². The molecule has 0 saturated carbocycles. The molecule has 1 aromatic rings. The molecular formula is C49H74N10O12. The van der Waals surface area contributed by atoms with Gasteiger partial charge in [-0.05, 0) is 57.4 Å². The predicted molar refractivity (Wildman–Crippen MR) is 264 cm³/mol. The molecule has 1 saturated heterocycles. The Balaban J connectivity index is 2.70. The number of hydrogen-bond acceptors (Lipinski definition) is 11. The number of amides is 7. The molecule has 10 atom stereocenters. The van der Waals surface area contributed by atoms with Crippen LogP contribution in [0.3, 0.4) is 0 Å². The summed E-state index contributed by atoms with van der Waals surface area (Å²) in [5.74, 6) is -10.9. The lowest BCUT2D eigenvalue weighted by Gasteiger charge is -2.27. The molecule has 392 valence electrons. The highest BCUT2D eigenvalue weighted by atomic mass is 16.5. The van der Waals surface area contributed by atoms with Gasteiger partial charge in [-0.3, -0.25) is 38.6 Å². The van der Waals surface area contributed by atoms with E-state index >= 15 is 0 Å². The lowest BCUT2D eigenvalue weighted by molar-refractivity contribution is -0.144. The molecule has 2 rings (SSSR count). The Kier molecular flexibility index (Phi) is 25.2. The fourth-order valence-corrected chi connectivity index (χ4v) is 7.36. The third-order valence-electron chi connectivity index (χ3n) is 12.1. The number of aliphatic carboxylic acids is 2. The predicted octanol–water partition coefficient (Wildman–Crippen LogP) is 0.763. The fourth-order valence-electron chi connectivity index (χ4n) is 7.36. The number of nitrogens with zero attached hydrogens (tertiary/aromatic N) is 2. The van der Waals surface area contributed by atoms with Crippen LogP contribution in [0.1, 0.15) is 92.1 Å². The number of hydrogen-bond donors (Lipinski definition) is 10. The van der Waals surface area contributed by atoms with Gasteiger partial charge in [-0.25, -0.2) is 9.59 Å². The SMILES string of the molecule is C=C1C(=O)N[C@H](C)C(=O)N[C@@H](C[C@@H](C)CC)C(=O)NC(C(=O)O)CC(=O)NC(CCCN=C(N)N)C(=O)NC(/C=C/C(C)=C/[C@H](C)[C@H](Cc2ccccc2)OC)[C@H](C)C(=O)N[C@@H](C(=O)O)CCC(=O)N1C. The summed E-state index contributed by atoms with van der Waals surface area (Å²) in [6, 6.07) is 1.08. The fraction of sp³-hybridized carbons (Fsp3) is 0.551. The van der Waals surface area contributed by atoms with E-state index in [9.17, 15) is 53.4 Å². The number of carbonyl (C=O) groups excluding carboxylic acids is 7. The van der Waals surface area contributed by atoms with Crippen molar-refractivity contribution in [2.75, 3.05) is 20.7 Å². The van der Waals surface area contributed by atoms with E-state index in [-0.39, 0.29) is 49.7 Å². The second kappa shape index (κ2) is 29.8. The van der Waals surface area contributed by atoms with Gasteiger partial charge >= 0.3 is 11.9 Å². The summed E-state index contributed by atoms with van der Waals surface area (Å²) in [5, 5.41) is 35.3. The lowest BCUT2D eigenvalue weighted by atomic mass is 9.94. The van der Waals surface area contributed by atoms with E-state index in [1.54, 1.807) is 27.0 Å². The third kappa shape index (κ3) is 20.8. The largest absolute Gasteiger partial charge is 0.480 e. The Morgan fingerprint density at radius 2 is 1.51 bits per heavy atom. The van der Waals surface area contributed by atoms with Crippen LogP contribution in [0.2, 0.25) is 0 Å². The second-order valence-corrected chi connectivity index (χ2v) is 17.9. The van der Waals surface area contributed by atoms with Crippen molar-refractivity contribution in [1.29, 1.82) is 0 Å². The number of aliphatic imine (C=N–C) groups is 1. The van der Waals surface area contributed by atoms with E-state index in [0.717, 1.165) is 10.5 Å². The number of benzene rings is 1. The summed E-state index contributed by atoms with van der Waals surface area (Å²) in [5.41, 5.74) is 12.4. The quantitative estimate of drug-likeness (QED) is 0.0360. The standard InChI is InChI=1S/C49H74N10O12/c1-10-27(2)24-37-46(66)58-38(48(69)70)26-40(60)54-35(17-14-22-52-49(50)51)45(65)55-34(19-18-28(3)23-29(4)39(71-9)25-33-15-12-11-13-16-33)30(5)42(62)56-36(47(67)68)20-21-41(61)59(8)32(7)44(64)53-31(6)43(63)57-37/h11-13,15-16,18-19,23,27,29-31,34-39H,7,10,14,17,20-22,24-26H2,1-6,8-9H3,(H,53,64)(H,54,60)(H,55,65)(H,56,62)(H,57,63)(H,58,66)(H,67,68)(H,69,70)(H4,50,51,52)/b19-18+,28-23+/t27-,29-,30-,31+,34?,35?,36+,37-,38?,39-/m0/s1. The average molecular weight is 995 g/mol. The van der Waals surface area contributed by atoms with Gasteiger partial charge in [0, 0.05) is 33.0 Å². The average Bonchev–Trinajstić information content (AvgIpc) is 3.32. The Morgan fingerprint density at radius 1 is 0.887 bits per heavy atom. The number of rotatable bonds is 16. The number of carbonyl (C=O) groups is 9. The van der Waals surface area contributed by atoms with E-state index in [1.807, 2.05) is 50.3 Å². The van der Waals surface area contributed by atoms with Gasteiger partial charge < -0.3 is 63.2 Å². The monoisotopic (exact) mass is 995 g/mol. The molecule has 12 N–H and O–H groups in total. The van der Waals surface area contributed by atoms with Crippen molar-refractivity contribution in [2.45, 2.75) is 135 Å². The summed E-state index contributed by atoms with van der Waals surface area (Å²) in [7, 11) is 2.83. The van der Waals surface area contributed by atoms with Gasteiger partial charge in [0.1, 0.15) is 35.9 Å². The number of nitrogens with two attached hydrogens (primary N) is 2. The van der Waals surface area contributed by atoms with Crippen molar-refractivity contribution in [3.63, 3.8) is 0 Å². The minimum absolute atomic E-state index is 0.0292. The smallest absolute Gasteiger partial charge is 0.326 e. The molecule has 0 radical (unpaired) electrons. The number of carboxylic acids is 2. The van der Waals surface area contributed by atoms with Crippen molar-refractivity contribution in [3.05, 3.63) is 72.0 Å². The van der Waals surface area contributed by atoms with Gasteiger partial charge in [0.15, 0.2) is 5.96 Å². The minimum Gasteiger partial charge on any atom is -0.480 e. The van der Waals surface area contributed by atoms with E-state index in [4.69, 9.17) is 16.2 Å². The zero-order chi connectivity index (χ0) is 53.5. The molecule has 0 spiro atoms. The Hall–Kier alpha value is -7.10.